The summed E-state index contributed by atoms with van der Waals surface area (Å²) in [5, 5.41) is 5.91. The summed E-state index contributed by atoms with van der Waals surface area (Å²) >= 11 is 7.47. The summed E-state index contributed by atoms with van der Waals surface area (Å²) in [6.45, 7) is 8.26. The molecule has 10 nitrogen and oxygen atoms in total. The molecular weight excluding hydrogens is 576 g/mol. The number of thiazole rings is 1. The van der Waals surface area contributed by atoms with E-state index in [-0.39, 0.29) is 30.7 Å². The number of hydrogen-bond acceptors (Lipinski definition) is 9. The molecule has 1 amide bonds. The van der Waals surface area contributed by atoms with Gasteiger partial charge in [-0.1, -0.05) is 23.7 Å². The van der Waals surface area contributed by atoms with Crippen LogP contribution in [0.15, 0.2) is 41.3 Å². The van der Waals surface area contributed by atoms with E-state index in [9.17, 15) is 18.0 Å². The van der Waals surface area contributed by atoms with E-state index >= 15 is 0 Å². The molecule has 1 aliphatic heterocycles. The molecule has 13 heteroatoms. The monoisotopic (exact) mass is 608 g/mol. The number of carbonyl (C=O) groups is 2. The quantitative estimate of drug-likeness (QED) is 0.345. The number of amides is 1. The van der Waals surface area contributed by atoms with Crippen molar-refractivity contribution in [3.63, 3.8) is 0 Å². The topological polar surface area (TPSA) is 127 Å². The van der Waals surface area contributed by atoms with E-state index in [1.165, 1.54) is 17.4 Å². The minimum Gasteiger partial charge on any atom is -0.465 e. The maximum atomic E-state index is 13.0. The highest BCUT2D eigenvalue weighted by atomic mass is 35.5. The first-order valence-electron chi connectivity index (χ1n) is 12.9. The highest BCUT2D eigenvalue weighted by Crippen LogP contribution is 2.27. The maximum absolute atomic E-state index is 13.0. The van der Waals surface area contributed by atoms with Crippen LogP contribution in [0.25, 0.3) is 10.8 Å². The van der Waals surface area contributed by atoms with Crippen LogP contribution in [0.2, 0.25) is 5.02 Å². The fourth-order valence-electron chi connectivity index (χ4n) is 4.14. The second-order valence-electron chi connectivity index (χ2n) is 10.3. The lowest BCUT2D eigenvalue weighted by atomic mass is 10.1. The number of benzene rings is 2. The molecule has 2 N–H and O–H groups in total. The van der Waals surface area contributed by atoms with Gasteiger partial charge >= 0.3 is 12.1 Å². The fraction of sp³-hybridized carbons (Fsp3) is 0.444. The molecule has 3 aromatic rings. The zero-order valence-corrected chi connectivity index (χ0v) is 25.2. The molecule has 2 aromatic carbocycles. The Morgan fingerprint density at radius 2 is 1.90 bits per heavy atom. The SMILES string of the molecule is CCOC(=O)C(CNS(=O)(=O)c1ccc2cc(Cl)ccc2c1)NCc1nc2c(s1)CN(C(=O)OC(C)(C)C)CC2. The van der Waals surface area contributed by atoms with Gasteiger partial charge < -0.3 is 14.4 Å². The molecular formula is C27H33ClN4O6S2. The molecule has 0 fully saturated rings. The van der Waals surface area contributed by atoms with Gasteiger partial charge in [0.05, 0.1) is 23.7 Å². The molecule has 0 saturated carbocycles. The minimum absolute atomic E-state index is 0.0760. The molecule has 0 saturated heterocycles. The minimum atomic E-state index is -3.91. The van der Waals surface area contributed by atoms with Crippen molar-refractivity contribution >= 4 is 55.8 Å². The van der Waals surface area contributed by atoms with E-state index in [4.69, 9.17) is 21.1 Å². The van der Waals surface area contributed by atoms with Crippen LogP contribution in [-0.4, -0.2) is 61.7 Å². The second kappa shape index (κ2) is 12.4. The number of aromatic nitrogens is 1. The average molecular weight is 609 g/mol. The standard InChI is InChI=1S/C27H33ClN4O6S2/c1-5-37-25(33)22(14-30-40(35,36)20-9-7-17-12-19(28)8-6-18(17)13-20)29-15-24-31-21-10-11-32(16-23(21)39-24)26(34)38-27(2,3)4/h6-9,12-13,22,29-30H,5,10-11,14-16H2,1-4H3. The summed E-state index contributed by atoms with van der Waals surface area (Å²) in [7, 11) is -3.91. The van der Waals surface area contributed by atoms with Crippen LogP contribution in [0.5, 0.6) is 0 Å². The Bertz CT molecular complexity index is 1500. The summed E-state index contributed by atoms with van der Waals surface area (Å²) in [6.07, 6.45) is 0.237. The van der Waals surface area contributed by atoms with Crippen molar-refractivity contribution in [1.82, 2.24) is 19.9 Å². The molecule has 4 rings (SSSR count). The van der Waals surface area contributed by atoms with Gasteiger partial charge in [0.25, 0.3) is 0 Å². The van der Waals surface area contributed by atoms with E-state index < -0.39 is 27.6 Å². The van der Waals surface area contributed by atoms with E-state index in [1.807, 2.05) is 20.8 Å². The number of fused-ring (bicyclic) bond motifs is 2. The Kier molecular flexibility index (Phi) is 9.36. The third kappa shape index (κ3) is 7.70. The van der Waals surface area contributed by atoms with Gasteiger partial charge in [-0.05, 0) is 62.7 Å². The van der Waals surface area contributed by atoms with Crippen LogP contribution in [-0.2, 0) is 43.8 Å². The van der Waals surface area contributed by atoms with Crippen molar-refractivity contribution in [1.29, 1.82) is 0 Å². The van der Waals surface area contributed by atoms with Gasteiger partial charge in [-0.3, -0.25) is 10.1 Å². The van der Waals surface area contributed by atoms with Gasteiger partial charge in [0.1, 0.15) is 16.7 Å². The van der Waals surface area contributed by atoms with Gasteiger partial charge in [0.15, 0.2) is 0 Å². The number of nitrogens with one attached hydrogen (secondary N) is 2. The van der Waals surface area contributed by atoms with Gasteiger partial charge in [0, 0.05) is 36.0 Å². The Hall–Kier alpha value is -2.77. The summed E-state index contributed by atoms with van der Waals surface area (Å²) in [5.41, 5.74) is 0.333. The van der Waals surface area contributed by atoms with Crippen LogP contribution in [0.4, 0.5) is 4.79 Å². The van der Waals surface area contributed by atoms with Crippen LogP contribution in [0, 0.1) is 0 Å². The number of esters is 1. The molecule has 0 radical (unpaired) electrons. The van der Waals surface area contributed by atoms with E-state index in [2.05, 4.69) is 15.0 Å². The predicted molar refractivity (Wildman–Crippen MR) is 154 cm³/mol. The van der Waals surface area contributed by atoms with Crippen molar-refractivity contribution in [2.75, 3.05) is 19.7 Å². The van der Waals surface area contributed by atoms with Crippen molar-refractivity contribution in [2.24, 2.45) is 0 Å². The van der Waals surface area contributed by atoms with Crippen LogP contribution >= 0.6 is 22.9 Å². The molecule has 40 heavy (non-hydrogen) atoms. The normalized spacial score (nSPS) is 14.6. The third-order valence-corrected chi connectivity index (χ3v) is 8.80. The highest BCUT2D eigenvalue weighted by Gasteiger charge is 2.29. The highest BCUT2D eigenvalue weighted by molar-refractivity contribution is 7.89. The van der Waals surface area contributed by atoms with Gasteiger partial charge in [0.2, 0.25) is 10.0 Å². The van der Waals surface area contributed by atoms with Crippen molar-refractivity contribution < 1.29 is 27.5 Å². The zero-order valence-electron chi connectivity index (χ0n) is 22.8. The number of halogens is 1. The van der Waals surface area contributed by atoms with E-state index in [0.29, 0.717) is 24.5 Å². The summed E-state index contributed by atoms with van der Waals surface area (Å²) in [4.78, 5) is 32.5. The number of carbonyl (C=O) groups excluding carboxylic acids is 2. The molecule has 0 bridgehead atoms. The van der Waals surface area contributed by atoms with E-state index in [1.54, 1.807) is 42.2 Å². The molecule has 1 atom stereocenters. The Labute approximate surface area is 243 Å². The summed E-state index contributed by atoms with van der Waals surface area (Å²) < 4.78 is 39.3. The lowest BCUT2D eigenvalue weighted by Gasteiger charge is -2.29. The van der Waals surface area contributed by atoms with Crippen molar-refractivity contribution in [2.45, 2.75) is 63.7 Å². The molecule has 0 spiro atoms. The zero-order chi connectivity index (χ0) is 29.1. The molecule has 1 aliphatic rings. The van der Waals surface area contributed by atoms with Crippen LogP contribution < -0.4 is 10.0 Å². The first-order valence-corrected chi connectivity index (χ1v) is 15.6. The lowest BCUT2D eigenvalue weighted by molar-refractivity contribution is -0.145. The molecule has 216 valence electrons. The smallest absolute Gasteiger partial charge is 0.410 e. The summed E-state index contributed by atoms with van der Waals surface area (Å²) in [5.74, 6) is -0.573. The third-order valence-electron chi connectivity index (χ3n) is 6.06. The molecule has 1 unspecified atom stereocenters. The number of hydrogen-bond donors (Lipinski definition) is 2. The van der Waals surface area contributed by atoms with Gasteiger partial charge in [-0.15, -0.1) is 11.3 Å². The first kappa shape index (κ1) is 30.2. The second-order valence-corrected chi connectivity index (χ2v) is 13.7. The summed E-state index contributed by atoms with van der Waals surface area (Å²) in [6, 6.07) is 9.00. The van der Waals surface area contributed by atoms with Gasteiger partial charge in [-0.25, -0.2) is 22.9 Å². The van der Waals surface area contributed by atoms with Crippen LogP contribution in [0.3, 0.4) is 0 Å². The van der Waals surface area contributed by atoms with Crippen LogP contribution in [0.1, 0.15) is 43.3 Å². The van der Waals surface area contributed by atoms with E-state index in [0.717, 1.165) is 26.4 Å². The molecule has 2 heterocycles. The molecule has 0 aliphatic carbocycles. The Morgan fingerprint density at radius 3 is 2.62 bits per heavy atom. The van der Waals surface area contributed by atoms with Gasteiger partial charge in [-0.2, -0.15) is 0 Å². The average Bonchev–Trinajstić information content (AvgIpc) is 3.29. The number of rotatable bonds is 9. The lowest BCUT2D eigenvalue weighted by Crippen LogP contribution is -2.46. The number of ether oxygens (including phenoxy) is 2. The van der Waals surface area contributed by atoms with Crippen molar-refractivity contribution in [3.8, 4) is 0 Å². The largest absolute Gasteiger partial charge is 0.465 e. The first-order chi connectivity index (χ1) is 18.8. The Morgan fingerprint density at radius 1 is 1.18 bits per heavy atom. The fourth-order valence-corrected chi connectivity index (χ4v) is 6.48. The number of nitrogens with zero attached hydrogens (tertiary/aromatic N) is 2. The Balaban J connectivity index is 1.40. The predicted octanol–water partition coefficient (Wildman–Crippen LogP) is 4.24. The molecule has 1 aromatic heterocycles. The van der Waals surface area contributed by atoms with Crippen molar-refractivity contribution in [3.05, 3.63) is 57.0 Å². The maximum Gasteiger partial charge on any atom is 0.410 e. The number of sulfonamides is 1.